The van der Waals surface area contributed by atoms with E-state index in [1.165, 1.54) is 0 Å². The molecule has 0 unspecified atom stereocenters. The third-order valence-electron chi connectivity index (χ3n) is 3.27. The molecule has 0 aromatic heterocycles. The molecule has 126 valence electrons. The van der Waals surface area contributed by atoms with Gasteiger partial charge in [0.15, 0.2) is 0 Å². The first kappa shape index (κ1) is 17.5. The van der Waals surface area contributed by atoms with Crippen LogP contribution >= 0.6 is 0 Å². The monoisotopic (exact) mass is 326 g/mol. The Kier molecular flexibility index (Phi) is 5.95. The van der Waals surface area contributed by atoms with E-state index >= 15 is 0 Å². The number of para-hydroxylation sites is 1. The van der Waals surface area contributed by atoms with Crippen molar-refractivity contribution < 1.29 is 14.3 Å². The number of hydrazine groups is 1. The third-order valence-corrected chi connectivity index (χ3v) is 3.27. The van der Waals surface area contributed by atoms with Crippen LogP contribution in [0.25, 0.3) is 0 Å². The Morgan fingerprint density at radius 3 is 2.42 bits per heavy atom. The Bertz CT molecular complexity index is 726. The van der Waals surface area contributed by atoms with Crippen molar-refractivity contribution in [3.05, 3.63) is 65.2 Å². The molecule has 2 amide bonds. The molecule has 2 aromatic rings. The van der Waals surface area contributed by atoms with Gasteiger partial charge < -0.3 is 4.74 Å². The zero-order chi connectivity index (χ0) is 17.5. The number of hydrogen-bond donors (Lipinski definition) is 2. The summed E-state index contributed by atoms with van der Waals surface area (Å²) in [5.41, 5.74) is 6.69. The zero-order valence-electron chi connectivity index (χ0n) is 14.1. The molecule has 0 aliphatic carbocycles. The number of carbonyl (C=O) groups excluding carboxylic acids is 2. The van der Waals surface area contributed by atoms with Gasteiger partial charge in [-0.15, -0.1) is 0 Å². The van der Waals surface area contributed by atoms with Gasteiger partial charge in [0.2, 0.25) is 0 Å². The number of rotatable bonds is 5. The summed E-state index contributed by atoms with van der Waals surface area (Å²) >= 11 is 0. The molecule has 0 heterocycles. The summed E-state index contributed by atoms with van der Waals surface area (Å²) in [4.78, 5) is 24.4. The van der Waals surface area contributed by atoms with Crippen LogP contribution in [0.2, 0.25) is 0 Å². The first-order chi connectivity index (χ1) is 11.5. The highest BCUT2D eigenvalue weighted by Gasteiger charge is 2.14. The molecule has 5 nitrogen and oxygen atoms in total. The summed E-state index contributed by atoms with van der Waals surface area (Å²) in [6.45, 7) is 6.48. The molecule has 0 aliphatic rings. The van der Waals surface area contributed by atoms with Gasteiger partial charge in [-0.1, -0.05) is 43.7 Å². The molecule has 0 bridgehead atoms. The van der Waals surface area contributed by atoms with Gasteiger partial charge in [0.05, 0.1) is 12.2 Å². The van der Waals surface area contributed by atoms with Crippen molar-refractivity contribution in [1.82, 2.24) is 10.9 Å². The molecule has 2 aromatic carbocycles. The van der Waals surface area contributed by atoms with Gasteiger partial charge in [0.1, 0.15) is 5.75 Å². The average Bonchev–Trinajstić information content (AvgIpc) is 2.57. The van der Waals surface area contributed by atoms with Crippen molar-refractivity contribution in [1.29, 1.82) is 0 Å². The molecule has 5 heteroatoms. The van der Waals surface area contributed by atoms with Crippen LogP contribution < -0.4 is 15.6 Å². The highest BCUT2D eigenvalue weighted by molar-refractivity contribution is 6.00. The topological polar surface area (TPSA) is 67.4 Å². The molecule has 2 rings (SSSR count). The lowest BCUT2D eigenvalue weighted by atomic mass is 10.1. The Morgan fingerprint density at radius 2 is 1.71 bits per heavy atom. The molecular formula is C19H22N2O3. The second-order valence-electron chi connectivity index (χ2n) is 5.98. The fourth-order valence-corrected chi connectivity index (χ4v) is 2.08. The molecule has 0 fully saturated rings. The number of nitrogens with one attached hydrogen (secondary N) is 2. The molecule has 0 saturated carbocycles. The number of aryl methyl sites for hydroxylation is 1. The van der Waals surface area contributed by atoms with Crippen molar-refractivity contribution >= 4 is 11.8 Å². The molecule has 0 spiro atoms. The van der Waals surface area contributed by atoms with Crippen molar-refractivity contribution in [2.75, 3.05) is 6.61 Å². The first-order valence-electron chi connectivity index (χ1n) is 7.86. The number of ether oxygens (including phenoxy) is 1. The van der Waals surface area contributed by atoms with Gasteiger partial charge in [-0.25, -0.2) is 0 Å². The smallest absolute Gasteiger partial charge is 0.273 e. The maximum atomic E-state index is 12.3. The minimum atomic E-state index is -0.421. The predicted octanol–water partition coefficient (Wildman–Crippen LogP) is 3.10. The fraction of sp³-hybridized carbons (Fsp3) is 0.263. The van der Waals surface area contributed by atoms with Gasteiger partial charge in [0.25, 0.3) is 11.8 Å². The third kappa shape index (κ3) is 4.84. The number of hydrogen-bond acceptors (Lipinski definition) is 3. The zero-order valence-corrected chi connectivity index (χ0v) is 14.1. The van der Waals surface area contributed by atoms with Crippen LogP contribution in [0, 0.1) is 12.8 Å². The van der Waals surface area contributed by atoms with Gasteiger partial charge >= 0.3 is 0 Å². The van der Waals surface area contributed by atoms with Crippen molar-refractivity contribution in [2.24, 2.45) is 5.92 Å². The minimum Gasteiger partial charge on any atom is -0.492 e. The van der Waals surface area contributed by atoms with Crippen LogP contribution in [0.15, 0.2) is 48.5 Å². The van der Waals surface area contributed by atoms with E-state index in [0.29, 0.717) is 29.4 Å². The second-order valence-corrected chi connectivity index (χ2v) is 5.98. The van der Waals surface area contributed by atoms with Crippen molar-refractivity contribution in [2.45, 2.75) is 20.8 Å². The Balaban J connectivity index is 2.01. The van der Waals surface area contributed by atoms with Gasteiger partial charge in [-0.3, -0.25) is 20.4 Å². The SMILES string of the molecule is Cc1cccc(C(=O)NNC(=O)c2ccccc2OCC(C)C)c1. The summed E-state index contributed by atoms with van der Waals surface area (Å²) in [6.07, 6.45) is 0. The fourth-order valence-electron chi connectivity index (χ4n) is 2.08. The molecule has 0 atom stereocenters. The van der Waals surface area contributed by atoms with Crippen LogP contribution in [0.4, 0.5) is 0 Å². The highest BCUT2D eigenvalue weighted by Crippen LogP contribution is 2.18. The predicted molar refractivity (Wildman–Crippen MR) is 92.9 cm³/mol. The van der Waals surface area contributed by atoms with E-state index in [1.54, 1.807) is 42.5 Å². The van der Waals surface area contributed by atoms with E-state index in [1.807, 2.05) is 26.8 Å². The molecule has 24 heavy (non-hydrogen) atoms. The Hall–Kier alpha value is -2.82. The number of amides is 2. The van der Waals surface area contributed by atoms with Crippen LogP contribution in [-0.4, -0.2) is 18.4 Å². The number of carbonyl (C=O) groups is 2. The lowest BCUT2D eigenvalue weighted by molar-refractivity contribution is 0.0844. The Labute approximate surface area is 142 Å². The number of benzene rings is 2. The molecule has 0 saturated heterocycles. The van der Waals surface area contributed by atoms with E-state index in [-0.39, 0.29) is 5.91 Å². The van der Waals surface area contributed by atoms with Gasteiger partial charge in [-0.05, 0) is 37.1 Å². The summed E-state index contributed by atoms with van der Waals surface area (Å²) in [5, 5.41) is 0. The van der Waals surface area contributed by atoms with Crippen LogP contribution in [0.5, 0.6) is 5.75 Å². The van der Waals surface area contributed by atoms with E-state index < -0.39 is 5.91 Å². The minimum absolute atomic E-state index is 0.349. The highest BCUT2D eigenvalue weighted by atomic mass is 16.5. The molecule has 0 radical (unpaired) electrons. The van der Waals surface area contributed by atoms with Gasteiger partial charge in [-0.2, -0.15) is 0 Å². The summed E-state index contributed by atoms with van der Waals surface area (Å²) in [5.74, 6) is 0.0543. The van der Waals surface area contributed by atoms with Crippen molar-refractivity contribution in [3.63, 3.8) is 0 Å². The summed E-state index contributed by atoms with van der Waals surface area (Å²) in [6, 6.07) is 14.1. The normalized spacial score (nSPS) is 10.3. The Morgan fingerprint density at radius 1 is 1.00 bits per heavy atom. The van der Waals surface area contributed by atoms with Crippen molar-refractivity contribution in [3.8, 4) is 5.75 Å². The van der Waals surface area contributed by atoms with E-state index in [9.17, 15) is 9.59 Å². The molecular weight excluding hydrogens is 304 g/mol. The first-order valence-corrected chi connectivity index (χ1v) is 7.86. The van der Waals surface area contributed by atoms with E-state index in [2.05, 4.69) is 10.9 Å². The molecule has 0 aliphatic heterocycles. The van der Waals surface area contributed by atoms with Gasteiger partial charge in [0, 0.05) is 5.56 Å². The van der Waals surface area contributed by atoms with Crippen LogP contribution in [0.3, 0.4) is 0 Å². The standard InChI is InChI=1S/C19H22N2O3/c1-13(2)12-24-17-10-5-4-9-16(17)19(23)21-20-18(22)15-8-6-7-14(3)11-15/h4-11,13H,12H2,1-3H3,(H,20,22)(H,21,23). The van der Waals surface area contributed by atoms with E-state index in [0.717, 1.165) is 5.56 Å². The summed E-state index contributed by atoms with van der Waals surface area (Å²) in [7, 11) is 0. The molecule has 2 N–H and O–H groups in total. The second kappa shape index (κ2) is 8.15. The largest absolute Gasteiger partial charge is 0.492 e. The van der Waals surface area contributed by atoms with Crippen LogP contribution in [0.1, 0.15) is 40.1 Å². The van der Waals surface area contributed by atoms with Crippen LogP contribution in [-0.2, 0) is 0 Å². The van der Waals surface area contributed by atoms with E-state index in [4.69, 9.17) is 4.74 Å². The lowest BCUT2D eigenvalue weighted by Gasteiger charge is -2.13. The summed E-state index contributed by atoms with van der Waals surface area (Å²) < 4.78 is 5.65. The maximum Gasteiger partial charge on any atom is 0.273 e. The maximum absolute atomic E-state index is 12.3. The average molecular weight is 326 g/mol. The lowest BCUT2D eigenvalue weighted by Crippen LogP contribution is -2.41. The quantitative estimate of drug-likeness (QED) is 0.830.